The first-order valence-electron chi connectivity index (χ1n) is 11.8. The molecule has 0 aliphatic rings. The van der Waals surface area contributed by atoms with Gasteiger partial charge in [0.15, 0.2) is 0 Å². The van der Waals surface area contributed by atoms with Crippen molar-refractivity contribution < 1.29 is 8.83 Å². The number of rotatable bonds is 4. The molecule has 4 aromatic carbocycles. The van der Waals surface area contributed by atoms with Gasteiger partial charge in [0.25, 0.3) is 0 Å². The van der Waals surface area contributed by atoms with Gasteiger partial charge in [0, 0.05) is 33.9 Å². The fourth-order valence-corrected chi connectivity index (χ4v) is 4.90. The number of aryl methyl sites for hydroxylation is 2. The van der Waals surface area contributed by atoms with Gasteiger partial charge in [-0.2, -0.15) is 0 Å². The van der Waals surface area contributed by atoms with E-state index >= 15 is 0 Å². The Kier molecular flexibility index (Phi) is 5.11. The van der Waals surface area contributed by atoms with Crippen LogP contribution in [0.4, 0.5) is 0 Å². The number of hydrogen-bond donors (Lipinski definition) is 0. The smallest absolute Gasteiger partial charge is 0.340 e. The predicted octanol–water partition coefficient (Wildman–Crippen LogP) is 8.08. The van der Waals surface area contributed by atoms with Crippen LogP contribution in [0.1, 0.15) is 22.3 Å². The summed E-state index contributed by atoms with van der Waals surface area (Å²) in [7, 11) is 0. The highest BCUT2D eigenvalue weighted by Crippen LogP contribution is 2.38. The Bertz CT molecular complexity index is 1720. The van der Waals surface area contributed by atoms with E-state index < -0.39 is 0 Å². The van der Waals surface area contributed by atoms with Crippen LogP contribution in [0, 0.1) is 13.8 Å². The molecule has 2 heterocycles. The van der Waals surface area contributed by atoms with Gasteiger partial charge in [-0.25, -0.2) is 4.79 Å². The van der Waals surface area contributed by atoms with E-state index in [0.717, 1.165) is 44.2 Å². The first kappa shape index (κ1) is 21.2. The Morgan fingerprint density at radius 2 is 1.29 bits per heavy atom. The van der Waals surface area contributed by atoms with Gasteiger partial charge in [0.2, 0.25) is 0 Å². The number of hydrogen-bond acceptors (Lipinski definition) is 3. The lowest BCUT2D eigenvalue weighted by atomic mass is 9.95. The fraction of sp³-hybridized carbons (Fsp3) is 0.0938. The van der Waals surface area contributed by atoms with E-state index in [0.29, 0.717) is 17.6 Å². The third-order valence-electron chi connectivity index (χ3n) is 6.87. The van der Waals surface area contributed by atoms with Crippen molar-refractivity contribution in [2.75, 3.05) is 0 Å². The quantitative estimate of drug-likeness (QED) is 0.252. The van der Waals surface area contributed by atoms with Gasteiger partial charge in [-0.15, -0.1) is 0 Å². The third kappa shape index (κ3) is 3.66. The van der Waals surface area contributed by atoms with E-state index in [1.807, 2.05) is 62.4 Å². The molecule has 6 aromatic rings. The highest BCUT2D eigenvalue weighted by atomic mass is 16.4. The van der Waals surface area contributed by atoms with Crippen LogP contribution >= 0.6 is 0 Å². The van der Waals surface area contributed by atoms with Crippen molar-refractivity contribution in [2.45, 2.75) is 20.3 Å². The Morgan fingerprint density at radius 3 is 2.00 bits per heavy atom. The molecule has 3 heteroatoms. The molecule has 35 heavy (non-hydrogen) atoms. The largest absolute Gasteiger partial charge is 0.463 e. The predicted molar refractivity (Wildman–Crippen MR) is 142 cm³/mol. The summed E-state index contributed by atoms with van der Waals surface area (Å²) in [5, 5.41) is 1.97. The zero-order valence-electron chi connectivity index (χ0n) is 19.7. The van der Waals surface area contributed by atoms with Crippen molar-refractivity contribution in [3.05, 3.63) is 130 Å². The molecule has 0 atom stereocenters. The molecule has 170 valence electrons. The normalized spacial score (nSPS) is 11.4. The SMILES string of the molecule is Cc1c(Cc2ccccc2)c(=O)oc2c(C)c3occ(-c4ccc(-c5ccccc5)cc4)c3cc12. The molecule has 0 amide bonds. The summed E-state index contributed by atoms with van der Waals surface area (Å²) >= 11 is 0. The van der Waals surface area contributed by atoms with Gasteiger partial charge in [-0.05, 0) is 47.7 Å². The summed E-state index contributed by atoms with van der Waals surface area (Å²) in [4.78, 5) is 12.9. The summed E-state index contributed by atoms with van der Waals surface area (Å²) < 4.78 is 11.8. The minimum absolute atomic E-state index is 0.287. The molecule has 0 spiro atoms. The van der Waals surface area contributed by atoms with Crippen molar-refractivity contribution in [2.24, 2.45) is 0 Å². The van der Waals surface area contributed by atoms with Crippen LogP contribution in [0.15, 0.2) is 111 Å². The second-order valence-electron chi connectivity index (χ2n) is 9.00. The van der Waals surface area contributed by atoms with Gasteiger partial charge in [0.05, 0.1) is 6.26 Å². The maximum absolute atomic E-state index is 12.9. The molecular weight excluding hydrogens is 432 g/mol. The van der Waals surface area contributed by atoms with Gasteiger partial charge in [-0.1, -0.05) is 84.9 Å². The molecule has 0 radical (unpaired) electrons. The van der Waals surface area contributed by atoms with Gasteiger partial charge in [0.1, 0.15) is 11.2 Å². The minimum atomic E-state index is -0.287. The third-order valence-corrected chi connectivity index (χ3v) is 6.87. The Balaban J connectivity index is 1.49. The summed E-state index contributed by atoms with van der Waals surface area (Å²) in [6, 6.07) is 31.0. The average Bonchev–Trinajstić information content (AvgIpc) is 3.33. The van der Waals surface area contributed by atoms with Crippen molar-refractivity contribution in [3.63, 3.8) is 0 Å². The fourth-order valence-electron chi connectivity index (χ4n) is 4.90. The molecule has 0 saturated heterocycles. The summed E-state index contributed by atoms with van der Waals surface area (Å²) in [6.07, 6.45) is 2.34. The zero-order chi connectivity index (χ0) is 23.9. The molecule has 0 aliphatic carbocycles. The van der Waals surface area contributed by atoms with Gasteiger partial charge in [-0.3, -0.25) is 0 Å². The van der Waals surface area contributed by atoms with Crippen molar-refractivity contribution in [3.8, 4) is 22.3 Å². The van der Waals surface area contributed by atoms with Crippen LogP contribution in [-0.4, -0.2) is 0 Å². The number of benzene rings is 4. The monoisotopic (exact) mass is 456 g/mol. The molecule has 0 unspecified atom stereocenters. The first-order chi connectivity index (χ1) is 17.1. The molecular formula is C32H24O3. The van der Waals surface area contributed by atoms with Crippen LogP contribution in [-0.2, 0) is 6.42 Å². The van der Waals surface area contributed by atoms with E-state index in [-0.39, 0.29) is 5.63 Å². The van der Waals surface area contributed by atoms with E-state index in [2.05, 4.69) is 42.5 Å². The first-order valence-corrected chi connectivity index (χ1v) is 11.8. The number of fused-ring (bicyclic) bond motifs is 2. The second-order valence-corrected chi connectivity index (χ2v) is 9.00. The Morgan fingerprint density at radius 1 is 0.657 bits per heavy atom. The van der Waals surface area contributed by atoms with Gasteiger partial charge < -0.3 is 8.83 Å². The van der Waals surface area contributed by atoms with Crippen LogP contribution in [0.2, 0.25) is 0 Å². The van der Waals surface area contributed by atoms with Crippen LogP contribution in [0.25, 0.3) is 44.2 Å². The molecule has 0 saturated carbocycles. The minimum Gasteiger partial charge on any atom is -0.463 e. The standard InChI is InChI=1S/C32H24O3/c1-20-26-18-28-29(25-15-13-24(14-16-25)23-11-7-4-8-12-23)19-34-30(28)21(2)31(26)35-32(33)27(20)17-22-9-5-3-6-10-22/h3-16,18-19H,17H2,1-2H3. The van der Waals surface area contributed by atoms with Crippen molar-refractivity contribution in [1.29, 1.82) is 0 Å². The molecule has 6 rings (SSSR count). The van der Waals surface area contributed by atoms with Gasteiger partial charge >= 0.3 is 5.63 Å². The highest BCUT2D eigenvalue weighted by Gasteiger charge is 2.19. The molecule has 0 N–H and O–H groups in total. The van der Waals surface area contributed by atoms with Crippen LogP contribution in [0.5, 0.6) is 0 Å². The molecule has 0 fully saturated rings. The van der Waals surface area contributed by atoms with E-state index in [1.165, 1.54) is 11.1 Å². The van der Waals surface area contributed by atoms with Crippen LogP contribution in [0.3, 0.4) is 0 Å². The lowest BCUT2D eigenvalue weighted by Gasteiger charge is -2.10. The summed E-state index contributed by atoms with van der Waals surface area (Å²) in [6.45, 7) is 3.97. The lowest BCUT2D eigenvalue weighted by molar-refractivity contribution is 0.546. The summed E-state index contributed by atoms with van der Waals surface area (Å²) in [5.74, 6) is 0. The van der Waals surface area contributed by atoms with Crippen molar-refractivity contribution >= 4 is 21.9 Å². The van der Waals surface area contributed by atoms with Crippen molar-refractivity contribution in [1.82, 2.24) is 0 Å². The highest BCUT2D eigenvalue weighted by molar-refractivity contribution is 6.05. The maximum atomic E-state index is 12.9. The van der Waals surface area contributed by atoms with E-state index in [4.69, 9.17) is 8.83 Å². The lowest BCUT2D eigenvalue weighted by Crippen LogP contribution is -2.11. The number of furan rings is 1. The van der Waals surface area contributed by atoms with E-state index in [9.17, 15) is 4.79 Å². The average molecular weight is 457 g/mol. The zero-order valence-corrected chi connectivity index (χ0v) is 19.7. The molecule has 3 nitrogen and oxygen atoms in total. The van der Waals surface area contributed by atoms with Crippen LogP contribution < -0.4 is 5.63 Å². The maximum Gasteiger partial charge on any atom is 0.340 e. The van der Waals surface area contributed by atoms with E-state index in [1.54, 1.807) is 6.26 Å². The Hall–Kier alpha value is -4.37. The molecule has 0 aliphatic heterocycles. The second kappa shape index (κ2) is 8.44. The molecule has 2 aromatic heterocycles. The molecule has 0 bridgehead atoms. The Labute approximate surface area is 203 Å². The topological polar surface area (TPSA) is 43.4 Å². The summed E-state index contributed by atoms with van der Waals surface area (Å²) in [5.41, 5.74) is 9.11.